The first kappa shape index (κ1) is 5.10. The third-order valence-corrected chi connectivity index (χ3v) is 1.40. The number of rotatable bonds is 1. The molecule has 1 aliphatic rings. The average molecular weight is 99.2 g/mol. The zero-order chi connectivity index (χ0) is 5.11. The maximum Gasteiger partial charge on any atom is 0.0501 e. The van der Waals surface area contributed by atoms with Crippen molar-refractivity contribution in [2.24, 2.45) is 5.92 Å². The summed E-state index contributed by atoms with van der Waals surface area (Å²) in [5.41, 5.74) is 0. The molecule has 0 bridgehead atoms. The van der Waals surface area contributed by atoms with Gasteiger partial charge in [-0.05, 0) is 12.3 Å². The topological polar surface area (TPSA) is 9.23 Å². The van der Waals surface area contributed by atoms with E-state index in [-0.39, 0.29) is 0 Å². The van der Waals surface area contributed by atoms with Crippen molar-refractivity contribution >= 4 is 0 Å². The lowest BCUT2D eigenvalue weighted by Gasteiger charge is -1.97. The molecule has 0 aromatic carbocycles. The van der Waals surface area contributed by atoms with E-state index < -0.39 is 0 Å². The molecule has 1 heterocycles. The molecule has 1 aliphatic heterocycles. The van der Waals surface area contributed by atoms with E-state index in [1.165, 1.54) is 6.42 Å². The lowest BCUT2D eigenvalue weighted by molar-refractivity contribution is 0.187. The van der Waals surface area contributed by atoms with Gasteiger partial charge in [-0.1, -0.05) is 13.3 Å². The number of ether oxygens (including phenoxy) is 1. The van der Waals surface area contributed by atoms with Gasteiger partial charge in [0.15, 0.2) is 0 Å². The Morgan fingerprint density at radius 3 is 3.00 bits per heavy atom. The van der Waals surface area contributed by atoms with Crippen molar-refractivity contribution in [3.8, 4) is 0 Å². The first-order chi connectivity index (χ1) is 3.43. The summed E-state index contributed by atoms with van der Waals surface area (Å²) in [5, 5.41) is 0. The van der Waals surface area contributed by atoms with E-state index in [1.807, 2.05) is 0 Å². The van der Waals surface area contributed by atoms with E-state index in [9.17, 15) is 0 Å². The van der Waals surface area contributed by atoms with Gasteiger partial charge in [0.05, 0.1) is 6.61 Å². The third-order valence-electron chi connectivity index (χ3n) is 1.40. The van der Waals surface area contributed by atoms with Gasteiger partial charge < -0.3 is 4.74 Å². The summed E-state index contributed by atoms with van der Waals surface area (Å²) >= 11 is 0. The highest BCUT2D eigenvalue weighted by atomic mass is 16.5. The molecule has 0 amide bonds. The van der Waals surface area contributed by atoms with Crippen LogP contribution in [0.3, 0.4) is 0 Å². The van der Waals surface area contributed by atoms with Gasteiger partial charge in [-0.25, -0.2) is 0 Å². The van der Waals surface area contributed by atoms with Crippen LogP contribution in [0.1, 0.15) is 13.3 Å². The van der Waals surface area contributed by atoms with Crippen molar-refractivity contribution in [3.63, 3.8) is 0 Å². The van der Waals surface area contributed by atoms with Gasteiger partial charge in [0.25, 0.3) is 0 Å². The van der Waals surface area contributed by atoms with Crippen LogP contribution in [0.25, 0.3) is 0 Å². The first-order valence-corrected chi connectivity index (χ1v) is 2.84. The molecule has 1 saturated heterocycles. The van der Waals surface area contributed by atoms with Gasteiger partial charge in [-0.2, -0.15) is 0 Å². The van der Waals surface area contributed by atoms with E-state index in [2.05, 4.69) is 13.3 Å². The summed E-state index contributed by atoms with van der Waals surface area (Å²) in [5.74, 6) is 0.750. The fourth-order valence-electron chi connectivity index (χ4n) is 0.776. The van der Waals surface area contributed by atoms with Crippen LogP contribution in [0.5, 0.6) is 0 Å². The Labute approximate surface area is 44.7 Å². The molecule has 1 rings (SSSR count). The van der Waals surface area contributed by atoms with Crippen LogP contribution in [-0.2, 0) is 4.74 Å². The van der Waals surface area contributed by atoms with Crippen molar-refractivity contribution in [3.05, 3.63) is 6.42 Å². The van der Waals surface area contributed by atoms with Crippen LogP contribution in [0.4, 0.5) is 0 Å². The minimum atomic E-state index is 0.750. The predicted molar refractivity (Wildman–Crippen MR) is 28.9 cm³/mol. The standard InChI is InChI=1S/C6H11O/c1-2-6-3-4-7-5-6/h3,6H,2,4-5H2,1H3/t6-/m0/s1. The Morgan fingerprint density at radius 2 is 2.71 bits per heavy atom. The van der Waals surface area contributed by atoms with E-state index in [0.29, 0.717) is 0 Å². The molecule has 0 aliphatic carbocycles. The molecule has 7 heavy (non-hydrogen) atoms. The maximum atomic E-state index is 5.09. The van der Waals surface area contributed by atoms with E-state index in [0.717, 1.165) is 19.1 Å². The molecular formula is C6H11O. The van der Waals surface area contributed by atoms with E-state index in [1.54, 1.807) is 0 Å². The molecule has 0 spiro atoms. The zero-order valence-electron chi connectivity index (χ0n) is 4.68. The molecule has 0 aromatic heterocycles. The van der Waals surface area contributed by atoms with E-state index in [4.69, 9.17) is 4.74 Å². The van der Waals surface area contributed by atoms with Crippen molar-refractivity contribution < 1.29 is 4.74 Å². The van der Waals surface area contributed by atoms with Gasteiger partial charge in [-0.3, -0.25) is 0 Å². The Balaban J connectivity index is 2.14. The minimum Gasteiger partial charge on any atom is -0.381 e. The molecule has 1 heteroatoms. The van der Waals surface area contributed by atoms with Gasteiger partial charge in [0.2, 0.25) is 0 Å². The van der Waals surface area contributed by atoms with Crippen molar-refractivity contribution in [1.82, 2.24) is 0 Å². The fraction of sp³-hybridized carbons (Fsp3) is 0.833. The smallest absolute Gasteiger partial charge is 0.0501 e. The quantitative estimate of drug-likeness (QED) is 0.480. The van der Waals surface area contributed by atoms with Crippen LogP contribution < -0.4 is 0 Å². The Hall–Kier alpha value is -0.0400. The third kappa shape index (κ3) is 1.16. The summed E-state index contributed by atoms with van der Waals surface area (Å²) in [6.45, 7) is 4.02. The summed E-state index contributed by atoms with van der Waals surface area (Å²) in [6.07, 6.45) is 3.47. The molecule has 0 saturated carbocycles. The fourth-order valence-corrected chi connectivity index (χ4v) is 0.776. The molecular weight excluding hydrogens is 88.1 g/mol. The molecule has 1 atom stereocenters. The molecule has 1 nitrogen and oxygen atoms in total. The van der Waals surface area contributed by atoms with Crippen LogP contribution in [0.2, 0.25) is 0 Å². The highest BCUT2D eigenvalue weighted by Crippen LogP contribution is 2.13. The lowest BCUT2D eigenvalue weighted by atomic mass is 10.1. The second-order valence-corrected chi connectivity index (χ2v) is 1.94. The molecule has 0 N–H and O–H groups in total. The first-order valence-electron chi connectivity index (χ1n) is 2.84. The Morgan fingerprint density at radius 1 is 1.86 bits per heavy atom. The van der Waals surface area contributed by atoms with Crippen molar-refractivity contribution in [1.29, 1.82) is 0 Å². The molecule has 1 fully saturated rings. The minimum absolute atomic E-state index is 0.750. The Bertz CT molecular complexity index is 46.1. The summed E-state index contributed by atoms with van der Waals surface area (Å²) in [6, 6.07) is 0. The van der Waals surface area contributed by atoms with Crippen LogP contribution >= 0.6 is 0 Å². The van der Waals surface area contributed by atoms with Crippen LogP contribution in [0, 0.1) is 12.3 Å². The molecule has 41 valence electrons. The van der Waals surface area contributed by atoms with Crippen LogP contribution in [0.15, 0.2) is 0 Å². The molecule has 1 radical (unpaired) electrons. The average Bonchev–Trinajstić information content (AvgIpc) is 2.14. The number of hydrogen-bond donors (Lipinski definition) is 0. The predicted octanol–water partition coefficient (Wildman–Crippen LogP) is 1.25. The van der Waals surface area contributed by atoms with Gasteiger partial charge in [0, 0.05) is 6.61 Å². The second-order valence-electron chi connectivity index (χ2n) is 1.94. The highest BCUT2D eigenvalue weighted by molar-refractivity contribution is 4.79. The van der Waals surface area contributed by atoms with Gasteiger partial charge in [-0.15, -0.1) is 0 Å². The summed E-state index contributed by atoms with van der Waals surface area (Å²) in [7, 11) is 0. The monoisotopic (exact) mass is 99.1 g/mol. The summed E-state index contributed by atoms with van der Waals surface area (Å²) in [4.78, 5) is 0. The lowest BCUT2D eigenvalue weighted by Crippen LogP contribution is -1.95. The van der Waals surface area contributed by atoms with Crippen LogP contribution in [-0.4, -0.2) is 13.2 Å². The summed E-state index contributed by atoms with van der Waals surface area (Å²) < 4.78 is 5.09. The molecule has 0 aromatic rings. The second kappa shape index (κ2) is 2.31. The SMILES string of the molecule is CC[C@H]1[CH]COC1. The van der Waals surface area contributed by atoms with Crippen molar-refractivity contribution in [2.75, 3.05) is 13.2 Å². The van der Waals surface area contributed by atoms with Gasteiger partial charge in [0.1, 0.15) is 0 Å². The van der Waals surface area contributed by atoms with E-state index >= 15 is 0 Å². The Kier molecular flexibility index (Phi) is 1.69. The van der Waals surface area contributed by atoms with Gasteiger partial charge >= 0.3 is 0 Å². The maximum absolute atomic E-state index is 5.09. The highest BCUT2D eigenvalue weighted by Gasteiger charge is 2.12. The van der Waals surface area contributed by atoms with Crippen molar-refractivity contribution in [2.45, 2.75) is 13.3 Å². The number of hydrogen-bond acceptors (Lipinski definition) is 1. The molecule has 0 unspecified atom stereocenters. The normalized spacial score (nSPS) is 31.3. The largest absolute Gasteiger partial charge is 0.381 e. The zero-order valence-corrected chi connectivity index (χ0v) is 4.68.